The number of primary sulfonamides is 1. The average molecular weight is 341 g/mol. The molecule has 0 amide bonds. The Morgan fingerprint density at radius 2 is 2.04 bits per heavy atom. The van der Waals surface area contributed by atoms with Crippen molar-refractivity contribution >= 4 is 21.1 Å². The monoisotopic (exact) mass is 341 g/mol. The van der Waals surface area contributed by atoms with Crippen LogP contribution in [0.5, 0.6) is 0 Å². The van der Waals surface area contributed by atoms with Gasteiger partial charge in [0.25, 0.3) is 0 Å². The molecule has 0 aliphatic carbocycles. The smallest absolute Gasteiger partial charge is 0.238 e. The van der Waals surface area contributed by atoms with E-state index in [9.17, 15) is 8.42 Å². The van der Waals surface area contributed by atoms with Crippen LogP contribution in [-0.2, 0) is 10.0 Å². The summed E-state index contributed by atoms with van der Waals surface area (Å²) in [5.74, 6) is 0.140. The van der Waals surface area contributed by atoms with Crippen LogP contribution in [0.1, 0.15) is 0 Å². The number of aromatic amines is 2. The van der Waals surface area contributed by atoms with Crippen LogP contribution in [0.25, 0.3) is 33.5 Å². The number of H-pyrrole nitrogens is 2. The number of aromatic nitrogens is 6. The first-order valence-electron chi connectivity index (χ1n) is 6.87. The lowest BCUT2D eigenvalue weighted by atomic mass is 10.0. The number of nitrogens with zero attached hydrogens (tertiary/aromatic N) is 4. The number of sulfonamides is 1. The van der Waals surface area contributed by atoms with Crippen molar-refractivity contribution in [1.82, 2.24) is 30.6 Å². The fraction of sp³-hybridized carbons (Fsp3) is 0. The number of hydrogen-bond acceptors (Lipinski definition) is 6. The molecule has 0 radical (unpaired) electrons. The van der Waals surface area contributed by atoms with Gasteiger partial charge in [-0.05, 0) is 29.0 Å². The first kappa shape index (κ1) is 14.5. The summed E-state index contributed by atoms with van der Waals surface area (Å²) < 4.78 is 23.9. The predicted octanol–water partition coefficient (Wildman–Crippen LogP) is 1.06. The highest BCUT2D eigenvalue weighted by Gasteiger charge is 2.22. The molecule has 0 fully saturated rings. The van der Waals surface area contributed by atoms with Crippen molar-refractivity contribution in [3.8, 4) is 22.5 Å². The summed E-state index contributed by atoms with van der Waals surface area (Å²) >= 11 is 0. The van der Waals surface area contributed by atoms with Gasteiger partial charge in [-0.25, -0.2) is 13.6 Å². The minimum Gasteiger partial charge on any atom is -0.360 e. The Morgan fingerprint density at radius 3 is 2.79 bits per heavy atom. The zero-order chi connectivity index (χ0) is 16.7. The molecule has 0 aliphatic heterocycles. The molecule has 0 bridgehead atoms. The second kappa shape index (κ2) is 5.22. The van der Waals surface area contributed by atoms with Crippen LogP contribution >= 0.6 is 0 Å². The molecule has 0 spiro atoms. The SMILES string of the molecule is NS(=O)(=O)c1cccc(-c2cnc3cc[nH]c3c2)c1-c1nn[nH]n1. The lowest BCUT2D eigenvalue weighted by Gasteiger charge is -2.11. The van der Waals surface area contributed by atoms with Crippen molar-refractivity contribution < 1.29 is 8.42 Å². The van der Waals surface area contributed by atoms with Crippen LogP contribution in [0.4, 0.5) is 0 Å². The maximum Gasteiger partial charge on any atom is 0.238 e. The number of rotatable bonds is 3. The second-order valence-electron chi connectivity index (χ2n) is 5.09. The fourth-order valence-electron chi connectivity index (χ4n) is 2.59. The number of fused-ring (bicyclic) bond motifs is 1. The lowest BCUT2D eigenvalue weighted by Crippen LogP contribution is -2.14. The molecular weight excluding hydrogens is 330 g/mol. The van der Waals surface area contributed by atoms with Gasteiger partial charge in [0, 0.05) is 18.0 Å². The first-order chi connectivity index (χ1) is 11.5. The molecule has 24 heavy (non-hydrogen) atoms. The van der Waals surface area contributed by atoms with Gasteiger partial charge in [-0.15, -0.1) is 10.2 Å². The van der Waals surface area contributed by atoms with Gasteiger partial charge in [0.05, 0.1) is 21.5 Å². The van der Waals surface area contributed by atoms with E-state index in [2.05, 4.69) is 30.6 Å². The molecule has 4 rings (SSSR count). The Morgan fingerprint density at radius 1 is 1.17 bits per heavy atom. The number of hydrogen-bond donors (Lipinski definition) is 3. The van der Waals surface area contributed by atoms with E-state index in [-0.39, 0.29) is 16.3 Å². The molecule has 9 nitrogen and oxygen atoms in total. The highest BCUT2D eigenvalue weighted by atomic mass is 32.2. The van der Waals surface area contributed by atoms with E-state index in [1.54, 1.807) is 24.5 Å². The minimum atomic E-state index is -3.97. The van der Waals surface area contributed by atoms with Crippen LogP contribution in [0, 0.1) is 0 Å². The van der Waals surface area contributed by atoms with Crippen LogP contribution in [0.3, 0.4) is 0 Å². The molecule has 4 aromatic rings. The summed E-state index contributed by atoms with van der Waals surface area (Å²) in [5, 5.41) is 19.0. The molecule has 3 heterocycles. The summed E-state index contributed by atoms with van der Waals surface area (Å²) in [5.41, 5.74) is 3.21. The zero-order valence-corrected chi connectivity index (χ0v) is 12.9. The predicted molar refractivity (Wildman–Crippen MR) is 86.1 cm³/mol. The third kappa shape index (κ3) is 2.33. The third-order valence-electron chi connectivity index (χ3n) is 3.61. The highest BCUT2D eigenvalue weighted by Crippen LogP contribution is 2.35. The van der Waals surface area contributed by atoms with Crippen molar-refractivity contribution in [3.05, 3.63) is 42.7 Å². The van der Waals surface area contributed by atoms with E-state index in [1.165, 1.54) is 6.07 Å². The van der Waals surface area contributed by atoms with E-state index in [0.29, 0.717) is 11.1 Å². The van der Waals surface area contributed by atoms with Crippen molar-refractivity contribution in [2.75, 3.05) is 0 Å². The first-order valence-corrected chi connectivity index (χ1v) is 8.42. The Hall–Kier alpha value is -3.11. The minimum absolute atomic E-state index is 0.0759. The van der Waals surface area contributed by atoms with Gasteiger partial charge in [-0.1, -0.05) is 12.1 Å². The Balaban J connectivity index is 2.05. The summed E-state index contributed by atoms with van der Waals surface area (Å²) in [7, 11) is -3.97. The maximum atomic E-state index is 12.0. The summed E-state index contributed by atoms with van der Waals surface area (Å²) in [6.07, 6.45) is 3.43. The molecule has 120 valence electrons. The number of nitrogens with two attached hydrogens (primary N) is 1. The number of benzene rings is 1. The molecule has 0 saturated carbocycles. The molecule has 0 unspecified atom stereocenters. The van der Waals surface area contributed by atoms with Gasteiger partial charge < -0.3 is 4.98 Å². The Kier molecular flexibility index (Phi) is 3.15. The topological polar surface area (TPSA) is 143 Å². The van der Waals surface area contributed by atoms with Gasteiger partial charge >= 0.3 is 0 Å². The van der Waals surface area contributed by atoms with E-state index in [0.717, 1.165) is 11.0 Å². The normalized spacial score (nSPS) is 11.9. The second-order valence-corrected chi connectivity index (χ2v) is 6.62. The van der Waals surface area contributed by atoms with E-state index < -0.39 is 10.0 Å². The maximum absolute atomic E-state index is 12.0. The standard InChI is InChI=1S/C14H11N7O2S/c15-24(22,23)12-3-1-2-9(13(12)14-18-20-21-19-14)8-6-11-10(17-7-8)4-5-16-11/h1-7,16H,(H2,15,22,23)(H,18,19,20,21). The van der Waals surface area contributed by atoms with Gasteiger partial charge in [0.15, 0.2) is 0 Å². The molecule has 1 aromatic carbocycles. The van der Waals surface area contributed by atoms with Gasteiger partial charge in [-0.2, -0.15) is 5.21 Å². The van der Waals surface area contributed by atoms with E-state index in [1.807, 2.05) is 12.1 Å². The van der Waals surface area contributed by atoms with Crippen molar-refractivity contribution in [3.63, 3.8) is 0 Å². The summed E-state index contributed by atoms with van der Waals surface area (Å²) in [6.45, 7) is 0. The number of tetrazole rings is 1. The fourth-order valence-corrected chi connectivity index (χ4v) is 3.34. The molecule has 0 atom stereocenters. The largest absolute Gasteiger partial charge is 0.360 e. The zero-order valence-electron chi connectivity index (χ0n) is 12.1. The average Bonchev–Trinajstić information content (AvgIpc) is 3.24. The van der Waals surface area contributed by atoms with E-state index >= 15 is 0 Å². The number of nitrogens with one attached hydrogen (secondary N) is 2. The van der Waals surface area contributed by atoms with Crippen molar-refractivity contribution in [2.24, 2.45) is 5.14 Å². The molecule has 10 heteroatoms. The molecular formula is C14H11N7O2S. The van der Waals surface area contributed by atoms with Crippen LogP contribution in [-0.4, -0.2) is 39.0 Å². The van der Waals surface area contributed by atoms with Crippen LogP contribution < -0.4 is 5.14 Å². The summed E-state index contributed by atoms with van der Waals surface area (Å²) in [6, 6.07) is 8.49. The van der Waals surface area contributed by atoms with Crippen LogP contribution in [0.15, 0.2) is 47.6 Å². The Labute approximate surface area is 136 Å². The van der Waals surface area contributed by atoms with Gasteiger partial charge in [0.2, 0.25) is 15.8 Å². The molecule has 3 aromatic heterocycles. The van der Waals surface area contributed by atoms with Crippen LogP contribution in [0.2, 0.25) is 0 Å². The molecule has 4 N–H and O–H groups in total. The van der Waals surface area contributed by atoms with Gasteiger partial charge in [-0.3, -0.25) is 4.98 Å². The summed E-state index contributed by atoms with van der Waals surface area (Å²) in [4.78, 5) is 7.35. The quantitative estimate of drug-likeness (QED) is 0.508. The highest BCUT2D eigenvalue weighted by molar-refractivity contribution is 7.89. The van der Waals surface area contributed by atoms with Crippen molar-refractivity contribution in [2.45, 2.75) is 4.90 Å². The molecule has 0 aliphatic rings. The molecule has 0 saturated heterocycles. The lowest BCUT2D eigenvalue weighted by molar-refractivity contribution is 0.598. The number of pyridine rings is 1. The Bertz CT molecular complexity index is 1130. The van der Waals surface area contributed by atoms with Crippen molar-refractivity contribution in [1.29, 1.82) is 0 Å². The van der Waals surface area contributed by atoms with Gasteiger partial charge in [0.1, 0.15) is 0 Å². The van der Waals surface area contributed by atoms with E-state index in [4.69, 9.17) is 5.14 Å². The third-order valence-corrected chi connectivity index (χ3v) is 4.56.